The zero-order valence-corrected chi connectivity index (χ0v) is 10.9. The summed E-state index contributed by atoms with van der Waals surface area (Å²) in [5.41, 5.74) is 0.876. The molecule has 1 fully saturated rings. The minimum Gasteiger partial charge on any atom is -0.349 e. The average molecular weight is 249 g/mol. The summed E-state index contributed by atoms with van der Waals surface area (Å²) in [6.45, 7) is 5.55. The van der Waals surface area contributed by atoms with Gasteiger partial charge in [0.15, 0.2) is 5.82 Å². The third-order valence-electron chi connectivity index (χ3n) is 3.02. The van der Waals surface area contributed by atoms with Crippen molar-refractivity contribution in [1.29, 1.82) is 0 Å². The Hall–Kier alpha value is -1.69. The van der Waals surface area contributed by atoms with Crippen molar-refractivity contribution in [1.82, 2.24) is 20.4 Å². The van der Waals surface area contributed by atoms with E-state index in [0.717, 1.165) is 37.7 Å². The highest BCUT2D eigenvalue weighted by molar-refractivity contribution is 5.81. The molecule has 6 heteroatoms. The van der Waals surface area contributed by atoms with Crippen LogP contribution in [0, 0.1) is 6.92 Å². The summed E-state index contributed by atoms with van der Waals surface area (Å²) in [5.74, 6) is 0.866. The lowest BCUT2D eigenvalue weighted by molar-refractivity contribution is -0.130. The molecule has 0 saturated carbocycles. The molecule has 98 valence electrons. The van der Waals surface area contributed by atoms with Gasteiger partial charge in [0.05, 0.1) is 12.2 Å². The van der Waals surface area contributed by atoms with Gasteiger partial charge in [0.25, 0.3) is 0 Å². The van der Waals surface area contributed by atoms with Crippen LogP contribution in [-0.2, 0) is 4.79 Å². The molecule has 0 aromatic carbocycles. The van der Waals surface area contributed by atoms with Gasteiger partial charge >= 0.3 is 0 Å². The zero-order valence-electron chi connectivity index (χ0n) is 10.9. The van der Waals surface area contributed by atoms with E-state index in [9.17, 15) is 4.79 Å². The van der Waals surface area contributed by atoms with Gasteiger partial charge in [-0.1, -0.05) is 0 Å². The number of nitrogens with one attached hydrogen (secondary N) is 1. The van der Waals surface area contributed by atoms with Crippen molar-refractivity contribution in [3.05, 3.63) is 17.8 Å². The maximum Gasteiger partial charge on any atom is 0.242 e. The molecule has 1 saturated heterocycles. The van der Waals surface area contributed by atoms with E-state index in [1.807, 2.05) is 35.9 Å². The summed E-state index contributed by atoms with van der Waals surface area (Å²) in [5, 5.41) is 11.3. The van der Waals surface area contributed by atoms with Crippen LogP contribution in [0.3, 0.4) is 0 Å². The third kappa shape index (κ3) is 3.16. The summed E-state index contributed by atoms with van der Waals surface area (Å²) in [6, 6.07) is 3.78. The van der Waals surface area contributed by atoms with E-state index in [1.54, 1.807) is 0 Å². The van der Waals surface area contributed by atoms with Gasteiger partial charge in [-0.2, -0.15) is 5.10 Å². The van der Waals surface area contributed by atoms with E-state index in [-0.39, 0.29) is 5.91 Å². The predicted molar refractivity (Wildman–Crippen MR) is 69.5 cm³/mol. The van der Waals surface area contributed by atoms with Crippen LogP contribution in [0.25, 0.3) is 0 Å². The molecule has 0 unspecified atom stereocenters. The highest BCUT2D eigenvalue weighted by atomic mass is 16.2. The molecule has 0 bridgehead atoms. The van der Waals surface area contributed by atoms with Crippen molar-refractivity contribution < 1.29 is 4.79 Å². The lowest BCUT2D eigenvalue weighted by Crippen LogP contribution is -2.49. The van der Waals surface area contributed by atoms with Gasteiger partial charge in [-0.3, -0.25) is 4.79 Å². The minimum absolute atomic E-state index is 0.140. The first-order valence-corrected chi connectivity index (χ1v) is 6.17. The average Bonchev–Trinajstić information content (AvgIpc) is 2.40. The van der Waals surface area contributed by atoms with E-state index in [4.69, 9.17) is 0 Å². The van der Waals surface area contributed by atoms with Crippen LogP contribution >= 0.6 is 0 Å². The smallest absolute Gasteiger partial charge is 0.242 e. The Bertz CT molecular complexity index is 399. The number of amides is 1. The number of nitrogens with zero attached hydrogens (tertiary/aromatic N) is 4. The number of hydrogen-bond donors (Lipinski definition) is 1. The van der Waals surface area contributed by atoms with Crippen molar-refractivity contribution in [2.24, 2.45) is 0 Å². The number of rotatable bonds is 3. The van der Waals surface area contributed by atoms with Gasteiger partial charge in [-0.05, 0) is 19.1 Å². The fourth-order valence-corrected chi connectivity index (χ4v) is 1.89. The van der Waals surface area contributed by atoms with Crippen molar-refractivity contribution >= 4 is 11.7 Å². The van der Waals surface area contributed by atoms with Gasteiger partial charge in [-0.15, -0.1) is 5.10 Å². The van der Waals surface area contributed by atoms with Crippen molar-refractivity contribution in [2.45, 2.75) is 6.92 Å². The fraction of sp³-hybridized carbons (Fsp3) is 0.583. The maximum atomic E-state index is 12.1. The number of carbonyl (C=O) groups is 1. The second kappa shape index (κ2) is 5.77. The Morgan fingerprint density at radius 3 is 2.72 bits per heavy atom. The first-order chi connectivity index (χ1) is 8.66. The van der Waals surface area contributed by atoms with Crippen LogP contribution in [0.1, 0.15) is 5.69 Å². The first kappa shape index (κ1) is 12.8. The van der Waals surface area contributed by atoms with Crippen LogP contribution in [0.2, 0.25) is 0 Å². The van der Waals surface area contributed by atoms with Crippen LogP contribution in [0.15, 0.2) is 12.1 Å². The van der Waals surface area contributed by atoms with E-state index in [1.165, 1.54) is 0 Å². The quantitative estimate of drug-likeness (QED) is 0.793. The highest BCUT2D eigenvalue weighted by Crippen LogP contribution is 2.07. The predicted octanol–water partition coefficient (Wildman–Crippen LogP) is -0.347. The largest absolute Gasteiger partial charge is 0.349 e. The second-order valence-corrected chi connectivity index (χ2v) is 4.52. The van der Waals surface area contributed by atoms with Crippen molar-refractivity contribution in [3.63, 3.8) is 0 Å². The topological polar surface area (TPSA) is 61.4 Å². The molecule has 1 aliphatic rings. The van der Waals surface area contributed by atoms with E-state index in [0.29, 0.717) is 6.54 Å². The summed E-state index contributed by atoms with van der Waals surface area (Å²) >= 11 is 0. The Morgan fingerprint density at radius 2 is 2.11 bits per heavy atom. The summed E-state index contributed by atoms with van der Waals surface area (Å²) in [6.07, 6.45) is 0. The molecule has 0 spiro atoms. The number of hydrogen-bond acceptors (Lipinski definition) is 5. The lowest BCUT2D eigenvalue weighted by Gasteiger charge is -2.29. The Kier molecular flexibility index (Phi) is 4.09. The van der Waals surface area contributed by atoms with E-state index in [2.05, 4.69) is 15.5 Å². The number of aryl methyl sites for hydroxylation is 1. The van der Waals surface area contributed by atoms with Crippen molar-refractivity contribution in [2.75, 3.05) is 44.7 Å². The molecular formula is C12H19N5O. The lowest BCUT2D eigenvalue weighted by atomic mass is 10.3. The Balaban J connectivity index is 1.91. The van der Waals surface area contributed by atoms with Gasteiger partial charge in [0.2, 0.25) is 5.91 Å². The second-order valence-electron chi connectivity index (χ2n) is 4.52. The SMILES string of the molecule is Cc1ccc(N(C)CC(=O)N2CCNCC2)nn1. The number of anilines is 1. The zero-order chi connectivity index (χ0) is 13.0. The molecular weight excluding hydrogens is 230 g/mol. The van der Waals surface area contributed by atoms with Crippen LogP contribution in [-0.4, -0.2) is 60.8 Å². The molecule has 2 heterocycles. The monoisotopic (exact) mass is 249 g/mol. The molecule has 1 aromatic rings. The molecule has 2 rings (SSSR count). The summed E-state index contributed by atoms with van der Waals surface area (Å²) in [4.78, 5) is 15.8. The normalized spacial score (nSPS) is 15.6. The van der Waals surface area contributed by atoms with Gasteiger partial charge in [0, 0.05) is 33.2 Å². The highest BCUT2D eigenvalue weighted by Gasteiger charge is 2.18. The van der Waals surface area contributed by atoms with Crippen LogP contribution < -0.4 is 10.2 Å². The molecule has 1 amide bonds. The Labute approximate surface area is 107 Å². The molecule has 0 atom stereocenters. The van der Waals surface area contributed by atoms with Gasteiger partial charge < -0.3 is 15.1 Å². The molecule has 18 heavy (non-hydrogen) atoms. The molecule has 0 radical (unpaired) electrons. The van der Waals surface area contributed by atoms with E-state index >= 15 is 0 Å². The number of piperazine rings is 1. The maximum absolute atomic E-state index is 12.1. The number of carbonyl (C=O) groups excluding carboxylic acids is 1. The molecule has 1 aliphatic heterocycles. The van der Waals surface area contributed by atoms with Crippen LogP contribution in [0.4, 0.5) is 5.82 Å². The number of aromatic nitrogens is 2. The summed E-state index contributed by atoms with van der Waals surface area (Å²) in [7, 11) is 1.86. The minimum atomic E-state index is 0.140. The summed E-state index contributed by atoms with van der Waals surface area (Å²) < 4.78 is 0. The standard InChI is InChI=1S/C12H19N5O/c1-10-3-4-11(15-14-10)16(2)9-12(18)17-7-5-13-6-8-17/h3-4,13H,5-9H2,1-2H3. The first-order valence-electron chi connectivity index (χ1n) is 6.17. The van der Waals surface area contributed by atoms with Crippen LogP contribution in [0.5, 0.6) is 0 Å². The molecule has 1 aromatic heterocycles. The fourth-order valence-electron chi connectivity index (χ4n) is 1.89. The Morgan fingerprint density at radius 1 is 1.39 bits per heavy atom. The van der Waals surface area contributed by atoms with Crippen molar-refractivity contribution in [3.8, 4) is 0 Å². The molecule has 1 N–H and O–H groups in total. The van der Waals surface area contributed by atoms with Gasteiger partial charge in [-0.25, -0.2) is 0 Å². The number of likely N-dealkylation sites (N-methyl/N-ethyl adjacent to an activating group) is 1. The molecule has 6 nitrogen and oxygen atoms in total. The van der Waals surface area contributed by atoms with E-state index < -0.39 is 0 Å². The third-order valence-corrected chi connectivity index (χ3v) is 3.02. The van der Waals surface area contributed by atoms with Gasteiger partial charge in [0.1, 0.15) is 0 Å². The molecule has 0 aliphatic carbocycles.